The molecular weight excluding hydrogens is 277 g/mol. The maximum absolute atomic E-state index is 12.7. The van der Waals surface area contributed by atoms with Crippen LogP contribution in [0.3, 0.4) is 0 Å². The van der Waals surface area contributed by atoms with Gasteiger partial charge in [0, 0.05) is 6.04 Å². The zero-order valence-electron chi connectivity index (χ0n) is 13.4. The number of aliphatic hydroxyl groups is 1. The minimum atomic E-state index is -3.55. The Bertz CT molecular complexity index is 272. The van der Waals surface area contributed by atoms with E-state index in [0.29, 0.717) is 25.6 Å². The first-order valence-corrected chi connectivity index (χ1v) is 9.31. The van der Waals surface area contributed by atoms with Gasteiger partial charge >= 0.3 is 7.60 Å². The Morgan fingerprint density at radius 3 is 1.90 bits per heavy atom. The van der Waals surface area contributed by atoms with Gasteiger partial charge < -0.3 is 19.9 Å². The zero-order valence-corrected chi connectivity index (χ0v) is 14.3. The van der Waals surface area contributed by atoms with Crippen molar-refractivity contribution >= 4 is 7.60 Å². The highest BCUT2D eigenvalue weighted by Gasteiger charge is 2.38. The molecule has 0 aromatic heterocycles. The lowest BCUT2D eigenvalue weighted by atomic mass is 10.1. The van der Waals surface area contributed by atoms with Crippen LogP contribution in [-0.2, 0) is 13.6 Å². The Balaban J connectivity index is 4.65. The minimum Gasteiger partial charge on any atom is -0.379 e. The van der Waals surface area contributed by atoms with E-state index >= 15 is 0 Å². The van der Waals surface area contributed by atoms with E-state index in [1.54, 1.807) is 0 Å². The maximum Gasteiger partial charge on any atom is 0.360 e. The third-order valence-electron chi connectivity index (χ3n) is 2.99. The van der Waals surface area contributed by atoms with Gasteiger partial charge in [0.05, 0.1) is 13.2 Å². The van der Waals surface area contributed by atoms with Crippen LogP contribution in [0.15, 0.2) is 0 Å². The summed E-state index contributed by atoms with van der Waals surface area (Å²) in [6, 6.07) is -0.593. The molecule has 0 bridgehead atoms. The van der Waals surface area contributed by atoms with Crippen molar-refractivity contribution in [3.63, 3.8) is 0 Å². The average molecular weight is 309 g/mol. The number of aliphatic hydroxyl groups excluding tert-OH is 1. The third-order valence-corrected chi connectivity index (χ3v) is 5.10. The number of nitrogens with two attached hydrogens (primary N) is 1. The highest BCUT2D eigenvalue weighted by molar-refractivity contribution is 7.54. The predicted molar refractivity (Wildman–Crippen MR) is 82.8 cm³/mol. The van der Waals surface area contributed by atoms with Crippen LogP contribution in [0.5, 0.6) is 0 Å². The molecule has 0 saturated carbocycles. The molecule has 0 saturated heterocycles. The van der Waals surface area contributed by atoms with Crippen LogP contribution < -0.4 is 5.73 Å². The monoisotopic (exact) mass is 309 g/mol. The van der Waals surface area contributed by atoms with Crippen molar-refractivity contribution < 1.29 is 18.7 Å². The fraction of sp³-hybridized carbons (Fsp3) is 1.00. The van der Waals surface area contributed by atoms with Gasteiger partial charge in [-0.25, -0.2) is 0 Å². The van der Waals surface area contributed by atoms with Crippen LogP contribution >= 0.6 is 7.60 Å². The van der Waals surface area contributed by atoms with Crippen LogP contribution in [0, 0.1) is 5.92 Å². The van der Waals surface area contributed by atoms with E-state index in [1.165, 1.54) is 0 Å². The molecule has 2 unspecified atom stereocenters. The fourth-order valence-electron chi connectivity index (χ4n) is 1.76. The van der Waals surface area contributed by atoms with Crippen molar-refractivity contribution in [2.24, 2.45) is 11.7 Å². The van der Waals surface area contributed by atoms with Gasteiger partial charge in [0.25, 0.3) is 0 Å². The number of hydrogen-bond donors (Lipinski definition) is 2. The minimum absolute atomic E-state index is 0.319. The number of unbranched alkanes of at least 4 members (excludes halogenated alkanes) is 2. The topological polar surface area (TPSA) is 81.8 Å². The van der Waals surface area contributed by atoms with E-state index in [9.17, 15) is 9.67 Å². The predicted octanol–water partition coefficient (Wildman–Crippen LogP) is 3.50. The van der Waals surface area contributed by atoms with Crippen molar-refractivity contribution in [1.29, 1.82) is 0 Å². The lowest BCUT2D eigenvalue weighted by Gasteiger charge is -2.28. The van der Waals surface area contributed by atoms with E-state index < -0.39 is 19.5 Å². The van der Waals surface area contributed by atoms with Crippen LogP contribution in [-0.4, -0.2) is 30.2 Å². The SMILES string of the molecule is CCCCOP(=O)(OCCCC)C(O)C(N)CC(C)C. The van der Waals surface area contributed by atoms with Gasteiger partial charge in [0.1, 0.15) is 0 Å². The molecule has 0 amide bonds. The first kappa shape index (κ1) is 20.1. The van der Waals surface area contributed by atoms with Crippen molar-refractivity contribution in [3.8, 4) is 0 Å². The van der Waals surface area contributed by atoms with Crippen molar-refractivity contribution in [1.82, 2.24) is 0 Å². The standard InChI is InChI=1S/C14H32NO4P/c1-5-7-9-18-20(17,19-10-8-6-2)14(16)13(15)11-12(3)4/h12-14,16H,5-11,15H2,1-4H3. The molecule has 0 radical (unpaired) electrons. The van der Waals surface area contributed by atoms with Crippen molar-refractivity contribution in [2.45, 2.75) is 71.7 Å². The molecular formula is C14H32NO4P. The number of rotatable bonds is 12. The van der Waals surface area contributed by atoms with Gasteiger partial charge in [-0.2, -0.15) is 0 Å². The van der Waals surface area contributed by atoms with Crippen LogP contribution in [0.4, 0.5) is 0 Å². The second kappa shape index (κ2) is 10.7. The highest BCUT2D eigenvalue weighted by atomic mass is 31.2. The van der Waals surface area contributed by atoms with Crippen LogP contribution in [0.2, 0.25) is 0 Å². The molecule has 0 spiro atoms. The molecule has 0 fully saturated rings. The Kier molecular flexibility index (Phi) is 10.8. The molecule has 0 aliphatic carbocycles. The van der Waals surface area contributed by atoms with E-state index in [1.807, 2.05) is 27.7 Å². The lowest BCUT2D eigenvalue weighted by Crippen LogP contribution is -2.36. The summed E-state index contributed by atoms with van der Waals surface area (Å²) in [4.78, 5) is 0. The molecule has 5 nitrogen and oxygen atoms in total. The van der Waals surface area contributed by atoms with Crippen LogP contribution in [0.1, 0.15) is 59.8 Å². The van der Waals surface area contributed by atoms with Crippen molar-refractivity contribution in [3.05, 3.63) is 0 Å². The molecule has 3 N–H and O–H groups in total. The molecule has 0 rings (SSSR count). The second-order valence-corrected chi connectivity index (χ2v) is 7.75. The summed E-state index contributed by atoms with van der Waals surface area (Å²) in [6.07, 6.45) is 4.02. The number of hydrogen-bond acceptors (Lipinski definition) is 5. The summed E-state index contributed by atoms with van der Waals surface area (Å²) in [5, 5.41) is 10.2. The van der Waals surface area contributed by atoms with Crippen LogP contribution in [0.25, 0.3) is 0 Å². The fourth-order valence-corrected chi connectivity index (χ4v) is 3.50. The van der Waals surface area contributed by atoms with Gasteiger partial charge in [-0.05, 0) is 25.2 Å². The normalized spacial score (nSPS) is 15.6. The Morgan fingerprint density at radius 1 is 1.10 bits per heavy atom. The first-order valence-electron chi connectivity index (χ1n) is 7.69. The van der Waals surface area contributed by atoms with Gasteiger partial charge in [0.15, 0.2) is 5.85 Å². The van der Waals surface area contributed by atoms with Gasteiger partial charge in [-0.15, -0.1) is 0 Å². The molecule has 0 heterocycles. The lowest BCUT2D eigenvalue weighted by molar-refractivity contribution is 0.121. The molecule has 122 valence electrons. The molecule has 0 aromatic carbocycles. The highest BCUT2D eigenvalue weighted by Crippen LogP contribution is 2.53. The summed E-state index contributed by atoms with van der Waals surface area (Å²) < 4.78 is 23.5. The molecule has 0 aliphatic heterocycles. The van der Waals surface area contributed by atoms with Gasteiger partial charge in [-0.1, -0.05) is 40.5 Å². The van der Waals surface area contributed by atoms with E-state index in [-0.39, 0.29) is 0 Å². The molecule has 20 heavy (non-hydrogen) atoms. The third kappa shape index (κ3) is 7.75. The smallest absolute Gasteiger partial charge is 0.360 e. The van der Waals surface area contributed by atoms with Crippen molar-refractivity contribution in [2.75, 3.05) is 13.2 Å². The Morgan fingerprint density at radius 2 is 1.55 bits per heavy atom. The summed E-state index contributed by atoms with van der Waals surface area (Å²) in [5.74, 6) is -0.932. The first-order chi connectivity index (χ1) is 9.37. The maximum atomic E-state index is 12.7. The molecule has 6 heteroatoms. The van der Waals surface area contributed by atoms with Gasteiger partial charge in [-0.3, -0.25) is 4.57 Å². The Hall–Kier alpha value is 0.0700. The Labute approximate surface area is 123 Å². The molecule has 2 atom stereocenters. The quantitative estimate of drug-likeness (QED) is 0.426. The second-order valence-electron chi connectivity index (χ2n) is 5.62. The molecule has 0 aromatic rings. The van der Waals surface area contributed by atoms with E-state index in [4.69, 9.17) is 14.8 Å². The summed E-state index contributed by atoms with van der Waals surface area (Å²) in [7, 11) is -3.55. The van der Waals surface area contributed by atoms with E-state index in [2.05, 4.69) is 0 Å². The average Bonchev–Trinajstić information content (AvgIpc) is 2.37. The summed E-state index contributed by atoms with van der Waals surface area (Å²) in [6.45, 7) is 8.71. The summed E-state index contributed by atoms with van der Waals surface area (Å²) >= 11 is 0. The molecule has 0 aliphatic rings. The van der Waals surface area contributed by atoms with Gasteiger partial charge in [0.2, 0.25) is 0 Å². The summed E-state index contributed by atoms with van der Waals surface area (Å²) in [5.41, 5.74) is 5.93. The van der Waals surface area contributed by atoms with E-state index in [0.717, 1.165) is 25.7 Å². The largest absolute Gasteiger partial charge is 0.379 e. The zero-order chi connectivity index (χ0) is 15.6.